The van der Waals surface area contributed by atoms with Crippen molar-refractivity contribution < 1.29 is 21.1 Å². The average molecular weight is 374 g/mol. The molecule has 1 heterocycles. The third-order valence-corrected chi connectivity index (χ3v) is 2.89. The Morgan fingerprint density at radius 1 is 1.29 bits per heavy atom. The van der Waals surface area contributed by atoms with Crippen LogP contribution in [0.25, 0.3) is 10.2 Å². The number of rotatable bonds is 0. The second-order valence-electron chi connectivity index (χ2n) is 4.24. The minimum absolute atomic E-state index is 0. The molecule has 0 bridgehead atoms. The van der Waals surface area contributed by atoms with Crippen molar-refractivity contribution in [2.24, 2.45) is 0 Å². The van der Waals surface area contributed by atoms with E-state index in [1.165, 1.54) is 10.3 Å². The fourth-order valence-electron chi connectivity index (χ4n) is 1.28. The Morgan fingerprint density at radius 3 is 2.64 bits per heavy atom. The summed E-state index contributed by atoms with van der Waals surface area (Å²) in [5.74, 6) is 0. The Kier molecular flexibility index (Phi) is 3.49. The maximum atomic E-state index is 4.19. The quantitative estimate of drug-likeness (QED) is 0.645. The zero-order valence-electron chi connectivity index (χ0n) is 8.50. The van der Waals surface area contributed by atoms with E-state index in [0.29, 0.717) is 0 Å². The van der Waals surface area contributed by atoms with Crippen LogP contribution < -0.4 is 0 Å². The number of nitrogens with zero attached hydrogens (tertiary/aromatic N) is 1. The van der Waals surface area contributed by atoms with Crippen LogP contribution in [0.3, 0.4) is 0 Å². The van der Waals surface area contributed by atoms with E-state index in [4.69, 9.17) is 0 Å². The smallest absolute Gasteiger partial charge is 0 e. The van der Waals surface area contributed by atoms with Gasteiger partial charge < -0.3 is 4.98 Å². The standard InChI is InChI=1S/C11H12NS.W/c1-11(2,3)8-4-5-10-9(6-8)12-7-13-10;/h4-6H,1-3H3;/q-1;. The molecule has 0 atom stereocenters. The van der Waals surface area contributed by atoms with Gasteiger partial charge in [0.05, 0.1) is 0 Å². The molecule has 0 N–H and O–H groups in total. The van der Waals surface area contributed by atoms with E-state index >= 15 is 0 Å². The van der Waals surface area contributed by atoms with E-state index in [-0.39, 0.29) is 26.5 Å². The first kappa shape index (κ1) is 11.9. The van der Waals surface area contributed by atoms with E-state index < -0.39 is 0 Å². The van der Waals surface area contributed by atoms with Crippen molar-refractivity contribution in [3.8, 4) is 0 Å². The molecule has 2 rings (SSSR count). The Morgan fingerprint density at radius 2 is 2.00 bits per heavy atom. The van der Waals surface area contributed by atoms with Crippen LogP contribution in [0, 0.1) is 5.51 Å². The molecule has 2 aromatic rings. The molecule has 0 aliphatic rings. The molecule has 0 amide bonds. The van der Waals surface area contributed by atoms with Crippen LogP contribution >= 0.6 is 11.3 Å². The topological polar surface area (TPSA) is 12.9 Å². The monoisotopic (exact) mass is 374 g/mol. The number of aromatic nitrogens is 1. The maximum Gasteiger partial charge on any atom is 0 e. The van der Waals surface area contributed by atoms with Crippen molar-refractivity contribution in [2.75, 3.05) is 0 Å². The van der Waals surface area contributed by atoms with E-state index in [9.17, 15) is 0 Å². The average Bonchev–Trinajstić information content (AvgIpc) is 2.47. The Hall–Kier alpha value is -0.202. The summed E-state index contributed by atoms with van der Waals surface area (Å²) in [5, 5.41) is 0. The number of thiazole rings is 1. The largest absolute Gasteiger partial charge is 0.386 e. The van der Waals surface area contributed by atoms with Crippen molar-refractivity contribution in [3.05, 3.63) is 29.3 Å². The summed E-state index contributed by atoms with van der Waals surface area (Å²) in [6.07, 6.45) is 0. The van der Waals surface area contributed by atoms with Gasteiger partial charge in [-0.1, -0.05) is 44.0 Å². The van der Waals surface area contributed by atoms with E-state index in [1.807, 2.05) is 0 Å². The molecule has 14 heavy (non-hydrogen) atoms. The van der Waals surface area contributed by atoms with Gasteiger partial charge in [-0.3, -0.25) is 11.3 Å². The zero-order valence-corrected chi connectivity index (χ0v) is 12.2. The fraction of sp³-hybridized carbons (Fsp3) is 0.364. The van der Waals surface area contributed by atoms with Crippen LogP contribution in [0.15, 0.2) is 18.2 Å². The molecule has 3 heteroatoms. The SMILES string of the molecule is CC(C)(C)c1ccc2s[c-]nc2c1.[W]. The molecule has 74 valence electrons. The predicted octanol–water partition coefficient (Wildman–Crippen LogP) is 3.39. The fourth-order valence-corrected chi connectivity index (χ4v) is 1.87. The Balaban J connectivity index is 0.000000980. The van der Waals surface area contributed by atoms with E-state index in [1.54, 1.807) is 11.3 Å². The summed E-state index contributed by atoms with van der Waals surface area (Å²) < 4.78 is 1.22. The molecule has 0 radical (unpaired) electrons. The van der Waals surface area contributed by atoms with Gasteiger partial charge in [-0.2, -0.15) is 0 Å². The van der Waals surface area contributed by atoms with Gasteiger partial charge in [-0.25, -0.2) is 0 Å². The molecule has 0 unspecified atom stereocenters. The van der Waals surface area contributed by atoms with Gasteiger partial charge in [-0.05, 0) is 10.9 Å². The molecule has 1 aromatic heterocycles. The van der Waals surface area contributed by atoms with Gasteiger partial charge in [0.1, 0.15) is 0 Å². The third kappa shape index (κ3) is 2.24. The van der Waals surface area contributed by atoms with Crippen LogP contribution in [0.4, 0.5) is 0 Å². The summed E-state index contributed by atoms with van der Waals surface area (Å²) in [7, 11) is 0. The Labute approximate surface area is 103 Å². The summed E-state index contributed by atoms with van der Waals surface area (Å²) in [6.45, 7) is 6.64. The van der Waals surface area contributed by atoms with Crippen LogP contribution in [0.1, 0.15) is 26.3 Å². The summed E-state index contributed by atoms with van der Waals surface area (Å²) >= 11 is 1.57. The van der Waals surface area contributed by atoms with E-state index in [2.05, 4.69) is 49.5 Å². The molecular weight excluding hydrogens is 362 g/mol. The zero-order chi connectivity index (χ0) is 9.47. The third-order valence-electron chi connectivity index (χ3n) is 2.15. The molecule has 0 fully saturated rings. The van der Waals surface area contributed by atoms with Gasteiger partial charge >= 0.3 is 0 Å². The number of hydrogen-bond acceptors (Lipinski definition) is 2. The minimum atomic E-state index is 0. The predicted molar refractivity (Wildman–Crippen MR) is 57.2 cm³/mol. The maximum absolute atomic E-state index is 4.19. The van der Waals surface area contributed by atoms with Crippen molar-refractivity contribution in [3.63, 3.8) is 0 Å². The number of hydrogen-bond donors (Lipinski definition) is 0. The van der Waals surface area contributed by atoms with Crippen molar-refractivity contribution in [1.82, 2.24) is 4.98 Å². The second-order valence-corrected chi connectivity index (χ2v) is 5.06. The van der Waals surface area contributed by atoms with Gasteiger partial charge in [0.2, 0.25) is 0 Å². The molecular formula is C11H12NSW-. The summed E-state index contributed by atoms with van der Waals surface area (Å²) in [6, 6.07) is 6.46. The van der Waals surface area contributed by atoms with Crippen molar-refractivity contribution in [2.45, 2.75) is 26.2 Å². The van der Waals surface area contributed by atoms with Gasteiger partial charge in [0.25, 0.3) is 0 Å². The molecule has 1 aromatic carbocycles. The molecule has 1 nitrogen and oxygen atoms in total. The van der Waals surface area contributed by atoms with Crippen molar-refractivity contribution in [1.29, 1.82) is 0 Å². The first-order valence-electron chi connectivity index (χ1n) is 4.34. The minimum Gasteiger partial charge on any atom is -0.386 e. The number of benzene rings is 1. The molecule has 0 saturated carbocycles. The van der Waals surface area contributed by atoms with Crippen LogP contribution in [-0.2, 0) is 26.5 Å². The first-order chi connectivity index (χ1) is 6.07. The summed E-state index contributed by atoms with van der Waals surface area (Å²) in [5.41, 5.74) is 5.51. The van der Waals surface area contributed by atoms with E-state index in [0.717, 1.165) is 5.52 Å². The van der Waals surface area contributed by atoms with Gasteiger partial charge in [0, 0.05) is 21.1 Å². The summed E-state index contributed by atoms with van der Waals surface area (Å²) in [4.78, 5) is 4.19. The first-order valence-corrected chi connectivity index (χ1v) is 5.16. The van der Waals surface area contributed by atoms with Crippen LogP contribution in [-0.4, -0.2) is 4.98 Å². The Bertz CT molecular complexity index is 428. The van der Waals surface area contributed by atoms with Gasteiger partial charge in [0.15, 0.2) is 0 Å². The second kappa shape index (κ2) is 4.12. The number of fused-ring (bicyclic) bond motifs is 1. The van der Waals surface area contributed by atoms with Crippen LogP contribution in [0.5, 0.6) is 0 Å². The van der Waals surface area contributed by atoms with Crippen LogP contribution in [0.2, 0.25) is 0 Å². The van der Waals surface area contributed by atoms with Gasteiger partial charge in [-0.15, -0.1) is 10.8 Å². The normalized spacial score (nSPS) is 11.4. The molecule has 0 saturated heterocycles. The van der Waals surface area contributed by atoms with Crippen molar-refractivity contribution >= 4 is 21.6 Å². The molecule has 0 aliphatic heterocycles. The molecule has 0 aliphatic carbocycles. The molecule has 0 spiro atoms.